The minimum atomic E-state index is -0.869. The summed E-state index contributed by atoms with van der Waals surface area (Å²) in [6.45, 7) is 1.61. The predicted molar refractivity (Wildman–Crippen MR) is 250 cm³/mol. The Bertz CT molecular complexity index is 2380. The highest BCUT2D eigenvalue weighted by Crippen LogP contribution is 2.41. The molecule has 62 heavy (non-hydrogen) atoms. The van der Waals surface area contributed by atoms with Crippen LogP contribution in [0, 0.1) is 0 Å². The molecule has 5 N–H and O–H groups in total. The molecule has 12 nitrogen and oxygen atoms in total. The van der Waals surface area contributed by atoms with Gasteiger partial charge in [-0.3, -0.25) is 14.6 Å². The van der Waals surface area contributed by atoms with E-state index in [0.717, 1.165) is 110 Å². The van der Waals surface area contributed by atoms with Crippen molar-refractivity contribution in [3.05, 3.63) is 104 Å². The number of aromatic nitrogens is 4. The van der Waals surface area contributed by atoms with Crippen LogP contribution in [0.5, 0.6) is 0 Å². The Labute approximate surface area is 371 Å². The molecular formula is C48H57N9O3S2. The first-order valence-electron chi connectivity index (χ1n) is 22.3. The van der Waals surface area contributed by atoms with E-state index in [1.165, 1.54) is 57.3 Å². The summed E-state index contributed by atoms with van der Waals surface area (Å²) in [5.41, 5.74) is 11.5. The van der Waals surface area contributed by atoms with E-state index < -0.39 is 5.97 Å². The van der Waals surface area contributed by atoms with Crippen LogP contribution in [0.4, 0.5) is 11.6 Å². The van der Waals surface area contributed by atoms with Crippen LogP contribution in [0.25, 0.3) is 20.4 Å². The molecule has 0 unspecified atom stereocenters. The zero-order valence-electron chi connectivity index (χ0n) is 35.7. The Balaban J connectivity index is 0.000000158. The zero-order valence-corrected chi connectivity index (χ0v) is 37.4. The van der Waals surface area contributed by atoms with Crippen molar-refractivity contribution in [3.8, 4) is 0 Å². The predicted octanol–water partition coefficient (Wildman–Crippen LogP) is 8.87. The summed E-state index contributed by atoms with van der Waals surface area (Å²) in [4.78, 5) is 51.0. The van der Waals surface area contributed by atoms with E-state index in [1.54, 1.807) is 30.9 Å². The van der Waals surface area contributed by atoms with E-state index in [4.69, 9.17) is 5.73 Å². The van der Waals surface area contributed by atoms with Crippen molar-refractivity contribution in [1.29, 1.82) is 0 Å². The monoisotopic (exact) mass is 871 g/mol. The lowest BCUT2D eigenvalue weighted by Gasteiger charge is -2.35. The third-order valence-corrected chi connectivity index (χ3v) is 16.0. The van der Waals surface area contributed by atoms with Gasteiger partial charge in [0.25, 0.3) is 0 Å². The first-order valence-corrected chi connectivity index (χ1v) is 23.9. The van der Waals surface area contributed by atoms with E-state index in [2.05, 4.69) is 60.5 Å². The van der Waals surface area contributed by atoms with Crippen LogP contribution in [0.3, 0.4) is 0 Å². The minimum absolute atomic E-state index is 0.356. The van der Waals surface area contributed by atoms with Gasteiger partial charge in [0.2, 0.25) is 5.91 Å². The second kappa shape index (κ2) is 18.8. The topological polar surface area (TPSA) is 162 Å². The van der Waals surface area contributed by atoms with Gasteiger partial charge in [0, 0.05) is 52.6 Å². The van der Waals surface area contributed by atoms with Crippen LogP contribution in [0.2, 0.25) is 0 Å². The summed E-state index contributed by atoms with van der Waals surface area (Å²) in [7, 11) is 4.33. The van der Waals surface area contributed by atoms with Crippen molar-refractivity contribution in [2.24, 2.45) is 5.73 Å². The fourth-order valence-electron chi connectivity index (χ4n) is 10.2. The third-order valence-electron chi connectivity index (χ3n) is 13.6. The van der Waals surface area contributed by atoms with Crippen molar-refractivity contribution in [2.75, 3.05) is 24.7 Å². The summed E-state index contributed by atoms with van der Waals surface area (Å²) in [5.74, 6) is 0.813. The lowest BCUT2D eigenvalue weighted by Crippen LogP contribution is -2.38. The average molecular weight is 872 g/mol. The van der Waals surface area contributed by atoms with Crippen LogP contribution < -0.4 is 16.4 Å². The van der Waals surface area contributed by atoms with Gasteiger partial charge in [-0.15, -0.1) is 22.7 Å². The number of nitrogens with two attached hydrogens (primary N) is 1. The van der Waals surface area contributed by atoms with Crippen molar-refractivity contribution >= 4 is 66.6 Å². The summed E-state index contributed by atoms with van der Waals surface area (Å²) in [6.07, 6.45) is 19.6. The van der Waals surface area contributed by atoms with Crippen molar-refractivity contribution in [1.82, 2.24) is 29.7 Å². The lowest BCUT2D eigenvalue weighted by atomic mass is 9.90. The molecule has 324 valence electrons. The number of benzene rings is 2. The SMILES string of the molecule is CN(Cc1cccc(C(=O)O)c1)C1CCC(Nc2ncnc3sc4c(c23)CCC4)CC1.CN(Cc1cccc(C(N)=O)c1)C1CCC(Nc2ncnc3sc4c(c23)CCC4)CC1. The molecule has 0 atom stereocenters. The normalized spacial score (nSPS) is 20.8. The molecule has 0 bridgehead atoms. The molecule has 4 aliphatic rings. The fraction of sp³-hybridized carbons (Fsp3) is 0.458. The van der Waals surface area contributed by atoms with Crippen LogP contribution in [0.15, 0.2) is 61.2 Å². The van der Waals surface area contributed by atoms with Gasteiger partial charge in [-0.25, -0.2) is 24.7 Å². The zero-order chi connectivity index (χ0) is 42.7. The molecular weight excluding hydrogens is 815 g/mol. The number of aromatic carboxylic acids is 1. The highest BCUT2D eigenvalue weighted by Gasteiger charge is 2.29. The molecule has 0 saturated heterocycles. The molecule has 14 heteroatoms. The quantitative estimate of drug-likeness (QED) is 0.0930. The van der Waals surface area contributed by atoms with Gasteiger partial charge in [0.05, 0.1) is 16.3 Å². The molecule has 0 aliphatic heterocycles. The van der Waals surface area contributed by atoms with E-state index >= 15 is 0 Å². The molecule has 2 fully saturated rings. The number of aryl methyl sites for hydroxylation is 4. The summed E-state index contributed by atoms with van der Waals surface area (Å²) in [5, 5.41) is 19.2. The number of nitrogens with zero attached hydrogens (tertiary/aromatic N) is 6. The molecule has 2 aromatic carbocycles. The van der Waals surface area contributed by atoms with Gasteiger partial charge in [-0.2, -0.15) is 0 Å². The Morgan fingerprint density at radius 3 is 1.56 bits per heavy atom. The number of primary amides is 1. The minimum Gasteiger partial charge on any atom is -0.478 e. The first kappa shape index (κ1) is 42.3. The molecule has 1 amide bonds. The summed E-state index contributed by atoms with van der Waals surface area (Å²) in [6, 6.07) is 16.9. The number of amides is 1. The Morgan fingerprint density at radius 1 is 0.661 bits per heavy atom. The highest BCUT2D eigenvalue weighted by atomic mass is 32.1. The van der Waals surface area contributed by atoms with Crippen molar-refractivity contribution in [3.63, 3.8) is 0 Å². The van der Waals surface area contributed by atoms with E-state index in [1.807, 2.05) is 46.9 Å². The molecule has 2 saturated carbocycles. The van der Waals surface area contributed by atoms with Crippen molar-refractivity contribution in [2.45, 2.75) is 127 Å². The van der Waals surface area contributed by atoms with Gasteiger partial charge in [-0.1, -0.05) is 24.3 Å². The van der Waals surface area contributed by atoms with Crippen molar-refractivity contribution < 1.29 is 14.7 Å². The highest BCUT2D eigenvalue weighted by molar-refractivity contribution is 7.19. The number of carboxylic acids is 1. The fourth-order valence-corrected chi connectivity index (χ4v) is 12.7. The molecule has 4 aliphatic carbocycles. The van der Waals surface area contributed by atoms with E-state index in [0.29, 0.717) is 35.3 Å². The summed E-state index contributed by atoms with van der Waals surface area (Å²) >= 11 is 3.68. The van der Waals surface area contributed by atoms with Gasteiger partial charge in [-0.05, 0) is 151 Å². The number of fused-ring (bicyclic) bond motifs is 6. The lowest BCUT2D eigenvalue weighted by molar-refractivity contribution is 0.0696. The molecule has 4 aromatic heterocycles. The number of rotatable bonds is 12. The number of carbonyl (C=O) groups is 2. The maximum atomic E-state index is 11.4. The molecule has 6 aromatic rings. The maximum absolute atomic E-state index is 11.4. The number of carbonyl (C=O) groups excluding carboxylic acids is 1. The average Bonchev–Trinajstić information content (AvgIpc) is 4.08. The number of hydrogen-bond acceptors (Lipinski definition) is 12. The van der Waals surface area contributed by atoms with E-state index in [9.17, 15) is 14.7 Å². The largest absolute Gasteiger partial charge is 0.478 e. The Kier molecular flexibility index (Phi) is 12.8. The second-order valence-corrected chi connectivity index (χ2v) is 19.9. The number of nitrogens with one attached hydrogen (secondary N) is 2. The summed E-state index contributed by atoms with van der Waals surface area (Å²) < 4.78 is 0. The Morgan fingerprint density at radius 2 is 1.11 bits per heavy atom. The van der Waals surface area contributed by atoms with Crippen LogP contribution in [-0.2, 0) is 38.8 Å². The van der Waals surface area contributed by atoms with Crippen LogP contribution in [-0.4, -0.2) is 85.0 Å². The van der Waals surface area contributed by atoms with Crippen LogP contribution >= 0.6 is 22.7 Å². The third kappa shape index (κ3) is 9.34. The molecule has 4 heterocycles. The molecule has 0 spiro atoms. The van der Waals surface area contributed by atoms with Gasteiger partial charge in [0.1, 0.15) is 34.0 Å². The number of thiophene rings is 2. The smallest absolute Gasteiger partial charge is 0.335 e. The number of carboxylic acid groups (broad SMARTS) is 1. The first-order chi connectivity index (χ1) is 30.2. The number of hydrogen-bond donors (Lipinski definition) is 4. The van der Waals surface area contributed by atoms with Crippen LogP contribution in [0.1, 0.15) is 117 Å². The van der Waals surface area contributed by atoms with E-state index in [-0.39, 0.29) is 5.91 Å². The van der Waals surface area contributed by atoms with Gasteiger partial charge in [0.15, 0.2) is 0 Å². The number of anilines is 2. The van der Waals surface area contributed by atoms with Gasteiger partial charge < -0.3 is 21.5 Å². The maximum Gasteiger partial charge on any atom is 0.335 e. The molecule has 10 rings (SSSR count). The van der Waals surface area contributed by atoms with Gasteiger partial charge >= 0.3 is 5.97 Å². The molecule has 0 radical (unpaired) electrons. The second-order valence-electron chi connectivity index (χ2n) is 17.7. The Hall–Kier alpha value is -5.02. The standard InChI is InChI=1S/C24H29N5OS.C24H28N4O2S/c1-29(13-15-4-2-5-16(12-15)22(25)30)18-10-8-17(9-11-18)28-23-21-19-6-3-7-20(19)31-24(21)27-14-26-23;1-28(13-15-4-2-5-16(12-15)24(29)30)18-10-8-17(9-11-18)27-22-21-19-6-3-7-20(19)31-23(21)26-14-25-22/h2,4-5,12,14,17-18H,3,6-11,13H2,1H3,(H2,25,30)(H,26,27,28);2,4-5,12,14,17-18H,3,6-11,13H2,1H3,(H,29,30)(H,25,26,27).